The summed E-state index contributed by atoms with van der Waals surface area (Å²) in [7, 11) is 0. The summed E-state index contributed by atoms with van der Waals surface area (Å²) in [5.41, 5.74) is 0.178. The van der Waals surface area contributed by atoms with Gasteiger partial charge in [-0.05, 0) is 30.7 Å². The molecule has 5 nitrogen and oxygen atoms in total. The van der Waals surface area contributed by atoms with Gasteiger partial charge < -0.3 is 9.84 Å². The van der Waals surface area contributed by atoms with E-state index in [0.29, 0.717) is 11.6 Å². The summed E-state index contributed by atoms with van der Waals surface area (Å²) in [5, 5.41) is 9.85. The van der Waals surface area contributed by atoms with Gasteiger partial charge in [-0.1, -0.05) is 13.0 Å². The van der Waals surface area contributed by atoms with E-state index in [9.17, 15) is 4.79 Å². The van der Waals surface area contributed by atoms with Gasteiger partial charge in [0.25, 0.3) is 0 Å². The molecule has 6 heteroatoms. The van der Waals surface area contributed by atoms with Crippen molar-refractivity contribution in [3.05, 3.63) is 47.1 Å². The number of thiophene rings is 1. The molecule has 0 fully saturated rings. The van der Waals surface area contributed by atoms with E-state index in [1.807, 2.05) is 6.07 Å². The van der Waals surface area contributed by atoms with Crippen LogP contribution in [-0.2, 0) is 6.42 Å². The molecule has 2 heterocycles. The second kappa shape index (κ2) is 5.49. The standard InChI is InChI=1S/C15H12N2O3S/c1-2-11-7-12-13(16-8-17-14(12)21-11)20-10-5-3-4-9(6-10)15(18)19/h3-8H,2H2,1H3,(H,18,19). The average Bonchev–Trinajstić information content (AvgIpc) is 2.92. The van der Waals surface area contributed by atoms with E-state index in [2.05, 4.69) is 16.9 Å². The molecule has 21 heavy (non-hydrogen) atoms. The molecule has 0 aliphatic heterocycles. The summed E-state index contributed by atoms with van der Waals surface area (Å²) < 4.78 is 5.73. The van der Waals surface area contributed by atoms with Crippen LogP contribution in [0.1, 0.15) is 22.2 Å². The van der Waals surface area contributed by atoms with Crippen molar-refractivity contribution in [1.29, 1.82) is 0 Å². The van der Waals surface area contributed by atoms with Crippen LogP contribution in [0.2, 0.25) is 0 Å². The van der Waals surface area contributed by atoms with Gasteiger partial charge in [0, 0.05) is 4.88 Å². The van der Waals surface area contributed by atoms with Crippen LogP contribution in [0.25, 0.3) is 10.2 Å². The van der Waals surface area contributed by atoms with E-state index in [1.54, 1.807) is 23.5 Å². The number of aryl methyl sites for hydroxylation is 1. The molecule has 1 N–H and O–H groups in total. The second-order valence-corrected chi connectivity index (χ2v) is 5.51. The lowest BCUT2D eigenvalue weighted by atomic mass is 10.2. The summed E-state index contributed by atoms with van der Waals surface area (Å²) in [5.74, 6) is -0.102. The lowest BCUT2D eigenvalue weighted by molar-refractivity contribution is 0.0696. The maximum Gasteiger partial charge on any atom is 0.335 e. The van der Waals surface area contributed by atoms with Crippen molar-refractivity contribution in [3.8, 4) is 11.6 Å². The molecule has 0 saturated carbocycles. The van der Waals surface area contributed by atoms with Gasteiger partial charge in [0.1, 0.15) is 16.9 Å². The summed E-state index contributed by atoms with van der Waals surface area (Å²) in [6, 6.07) is 8.35. The van der Waals surface area contributed by atoms with Crippen molar-refractivity contribution in [2.45, 2.75) is 13.3 Å². The van der Waals surface area contributed by atoms with Crippen molar-refractivity contribution < 1.29 is 14.6 Å². The van der Waals surface area contributed by atoms with E-state index in [0.717, 1.165) is 16.6 Å². The van der Waals surface area contributed by atoms with Crippen molar-refractivity contribution in [2.75, 3.05) is 0 Å². The number of carboxylic acid groups (broad SMARTS) is 1. The molecule has 3 aromatic rings. The van der Waals surface area contributed by atoms with Gasteiger partial charge in [-0.25, -0.2) is 14.8 Å². The van der Waals surface area contributed by atoms with Crippen molar-refractivity contribution in [2.24, 2.45) is 0 Å². The Hall–Kier alpha value is -2.47. The van der Waals surface area contributed by atoms with E-state index >= 15 is 0 Å². The Balaban J connectivity index is 1.99. The lowest BCUT2D eigenvalue weighted by Gasteiger charge is -2.05. The molecular weight excluding hydrogens is 288 g/mol. The normalized spacial score (nSPS) is 10.7. The predicted octanol–water partition coefficient (Wildman–Crippen LogP) is 3.74. The van der Waals surface area contributed by atoms with Crippen LogP contribution >= 0.6 is 11.3 Å². The monoisotopic (exact) mass is 300 g/mol. The smallest absolute Gasteiger partial charge is 0.335 e. The Kier molecular flexibility index (Phi) is 3.53. The number of ether oxygens (including phenoxy) is 1. The molecule has 0 atom stereocenters. The number of fused-ring (bicyclic) bond motifs is 1. The first-order valence-electron chi connectivity index (χ1n) is 6.42. The van der Waals surface area contributed by atoms with Gasteiger partial charge >= 0.3 is 5.97 Å². The molecule has 1 aromatic carbocycles. The summed E-state index contributed by atoms with van der Waals surface area (Å²) >= 11 is 1.60. The van der Waals surface area contributed by atoms with Crippen LogP contribution < -0.4 is 4.74 Å². The van der Waals surface area contributed by atoms with Gasteiger partial charge in [-0.3, -0.25) is 0 Å². The molecule has 0 spiro atoms. The van der Waals surface area contributed by atoms with Crippen LogP contribution in [0.3, 0.4) is 0 Å². The Morgan fingerprint density at radius 3 is 2.95 bits per heavy atom. The molecule has 2 aromatic heterocycles. The minimum absolute atomic E-state index is 0.178. The van der Waals surface area contributed by atoms with Crippen LogP contribution in [0, 0.1) is 0 Å². The number of hydrogen-bond donors (Lipinski definition) is 1. The fraction of sp³-hybridized carbons (Fsp3) is 0.133. The maximum absolute atomic E-state index is 11.0. The molecule has 0 aliphatic carbocycles. The van der Waals surface area contributed by atoms with Gasteiger partial charge in [0.15, 0.2) is 0 Å². The number of aromatic carboxylic acids is 1. The largest absolute Gasteiger partial charge is 0.478 e. The zero-order valence-electron chi connectivity index (χ0n) is 11.2. The number of rotatable bonds is 4. The summed E-state index contributed by atoms with van der Waals surface area (Å²) in [4.78, 5) is 21.4. The molecule has 0 radical (unpaired) electrons. The molecule has 0 unspecified atom stereocenters. The number of hydrogen-bond acceptors (Lipinski definition) is 5. The molecule has 106 valence electrons. The Bertz CT molecular complexity index is 814. The lowest BCUT2D eigenvalue weighted by Crippen LogP contribution is -1.96. The van der Waals surface area contributed by atoms with Crippen molar-refractivity contribution >= 4 is 27.5 Å². The van der Waals surface area contributed by atoms with Gasteiger partial charge in [-0.2, -0.15) is 0 Å². The van der Waals surface area contributed by atoms with E-state index in [1.165, 1.54) is 23.3 Å². The van der Waals surface area contributed by atoms with Crippen molar-refractivity contribution in [1.82, 2.24) is 9.97 Å². The first kappa shape index (κ1) is 13.5. The molecule has 0 aliphatic rings. The highest BCUT2D eigenvalue weighted by atomic mass is 32.1. The summed E-state index contributed by atoms with van der Waals surface area (Å²) in [6.07, 6.45) is 2.38. The third kappa shape index (κ3) is 2.71. The zero-order chi connectivity index (χ0) is 14.8. The number of nitrogens with zero attached hydrogens (tertiary/aromatic N) is 2. The number of benzene rings is 1. The third-order valence-electron chi connectivity index (χ3n) is 2.99. The minimum atomic E-state index is -0.989. The van der Waals surface area contributed by atoms with Crippen molar-refractivity contribution in [3.63, 3.8) is 0 Å². The van der Waals surface area contributed by atoms with Crippen LogP contribution in [0.5, 0.6) is 11.6 Å². The Labute approximate surface area is 124 Å². The van der Waals surface area contributed by atoms with Gasteiger partial charge in [0.05, 0.1) is 10.9 Å². The van der Waals surface area contributed by atoms with Gasteiger partial charge in [-0.15, -0.1) is 11.3 Å². The molecule has 0 saturated heterocycles. The van der Waals surface area contributed by atoms with Crippen LogP contribution in [-0.4, -0.2) is 21.0 Å². The molecule has 3 rings (SSSR count). The first-order chi connectivity index (χ1) is 10.2. The molecule has 0 bridgehead atoms. The van der Waals surface area contributed by atoms with Crippen LogP contribution in [0.4, 0.5) is 0 Å². The number of carboxylic acids is 1. The van der Waals surface area contributed by atoms with Crippen LogP contribution in [0.15, 0.2) is 36.7 Å². The topological polar surface area (TPSA) is 72.3 Å². The molecule has 0 amide bonds. The minimum Gasteiger partial charge on any atom is -0.478 e. The quantitative estimate of drug-likeness (QED) is 0.794. The second-order valence-electron chi connectivity index (χ2n) is 4.40. The highest BCUT2D eigenvalue weighted by Crippen LogP contribution is 2.32. The fourth-order valence-electron chi connectivity index (χ4n) is 1.94. The Morgan fingerprint density at radius 1 is 1.33 bits per heavy atom. The highest BCUT2D eigenvalue weighted by molar-refractivity contribution is 7.18. The average molecular weight is 300 g/mol. The SMILES string of the molecule is CCc1cc2c(Oc3cccc(C(=O)O)c3)ncnc2s1. The highest BCUT2D eigenvalue weighted by Gasteiger charge is 2.11. The first-order valence-corrected chi connectivity index (χ1v) is 7.23. The van der Waals surface area contributed by atoms with E-state index in [-0.39, 0.29) is 5.56 Å². The third-order valence-corrected chi connectivity index (χ3v) is 4.18. The number of aromatic nitrogens is 2. The maximum atomic E-state index is 11.0. The Morgan fingerprint density at radius 2 is 2.19 bits per heavy atom. The fourth-order valence-corrected chi connectivity index (χ4v) is 2.87. The molecular formula is C15H12N2O3S. The predicted molar refractivity (Wildman–Crippen MR) is 80.3 cm³/mol. The van der Waals surface area contributed by atoms with Gasteiger partial charge in [0.2, 0.25) is 5.88 Å². The zero-order valence-corrected chi connectivity index (χ0v) is 12.1. The van der Waals surface area contributed by atoms with E-state index in [4.69, 9.17) is 9.84 Å². The van der Waals surface area contributed by atoms with E-state index < -0.39 is 5.97 Å². The summed E-state index contributed by atoms with van der Waals surface area (Å²) in [6.45, 7) is 2.08. The number of carbonyl (C=O) groups is 1.